The summed E-state index contributed by atoms with van der Waals surface area (Å²) in [6.07, 6.45) is 2.63. The van der Waals surface area contributed by atoms with Gasteiger partial charge in [0, 0.05) is 5.41 Å². The van der Waals surface area contributed by atoms with Crippen molar-refractivity contribution in [3.8, 4) is 0 Å². The van der Waals surface area contributed by atoms with Gasteiger partial charge in [-0.1, -0.05) is 40.5 Å². The summed E-state index contributed by atoms with van der Waals surface area (Å²) in [5.41, 5.74) is -0.696. The van der Waals surface area contributed by atoms with Gasteiger partial charge in [0.15, 0.2) is 0 Å². The topological polar surface area (TPSA) is 86.7 Å². The van der Waals surface area contributed by atoms with E-state index >= 15 is 0 Å². The zero-order valence-corrected chi connectivity index (χ0v) is 15.1. The zero-order chi connectivity index (χ0) is 16.6. The third-order valence-electron chi connectivity index (χ3n) is 2.75. The van der Waals surface area contributed by atoms with Crippen LogP contribution in [0.1, 0.15) is 53.4 Å². The Labute approximate surface area is 129 Å². The van der Waals surface area contributed by atoms with Gasteiger partial charge in [0.2, 0.25) is 0 Å². The molecule has 0 bridgehead atoms. The number of hydrogen-bond acceptors (Lipinski definition) is 6. The van der Waals surface area contributed by atoms with Crippen LogP contribution in [0.25, 0.3) is 0 Å². The molecule has 0 N–H and O–H groups in total. The maximum Gasteiger partial charge on any atom is 0.267 e. The van der Waals surface area contributed by atoms with E-state index < -0.39 is 25.7 Å². The summed E-state index contributed by atoms with van der Waals surface area (Å²) in [5, 5.41) is 0. The van der Waals surface area contributed by atoms with Crippen molar-refractivity contribution in [3.05, 3.63) is 0 Å². The maximum atomic E-state index is 11.6. The first-order valence-electron chi connectivity index (χ1n) is 7.28. The summed E-state index contributed by atoms with van der Waals surface area (Å²) in [7, 11) is -7.10. The van der Waals surface area contributed by atoms with Crippen LogP contribution in [-0.4, -0.2) is 41.6 Å². The average Bonchev–Trinajstić information content (AvgIpc) is 2.39. The molecule has 0 unspecified atom stereocenters. The molecule has 0 fully saturated rings. The quantitative estimate of drug-likeness (QED) is 0.505. The highest BCUT2D eigenvalue weighted by Crippen LogP contribution is 2.19. The van der Waals surface area contributed by atoms with Gasteiger partial charge in [0.25, 0.3) is 20.2 Å². The van der Waals surface area contributed by atoms with E-state index in [1.165, 1.54) is 0 Å². The van der Waals surface area contributed by atoms with Crippen LogP contribution in [0.15, 0.2) is 0 Å². The van der Waals surface area contributed by atoms with Gasteiger partial charge in [0.1, 0.15) is 0 Å². The molecule has 0 amide bonds. The minimum Gasteiger partial charge on any atom is -0.269 e. The van der Waals surface area contributed by atoms with Gasteiger partial charge in [-0.2, -0.15) is 16.8 Å². The summed E-state index contributed by atoms with van der Waals surface area (Å²) >= 11 is 0. The van der Waals surface area contributed by atoms with Gasteiger partial charge in [-0.25, -0.2) is 0 Å². The van der Waals surface area contributed by atoms with Crippen LogP contribution in [0, 0.1) is 5.41 Å². The Morgan fingerprint density at radius 1 is 0.762 bits per heavy atom. The second-order valence-corrected chi connectivity index (χ2v) is 9.44. The first kappa shape index (κ1) is 20.8. The number of rotatable bonds is 12. The van der Waals surface area contributed by atoms with E-state index in [1.54, 1.807) is 13.8 Å². The Morgan fingerprint density at radius 3 is 1.38 bits per heavy atom. The smallest absolute Gasteiger partial charge is 0.267 e. The van der Waals surface area contributed by atoms with E-state index in [2.05, 4.69) is 0 Å². The summed E-state index contributed by atoms with van der Waals surface area (Å²) in [5.74, 6) is -0.0372. The Bertz CT molecular complexity index is 435. The van der Waals surface area contributed by atoms with Crippen LogP contribution in [-0.2, 0) is 28.6 Å². The summed E-state index contributed by atoms with van der Waals surface area (Å²) in [6.45, 7) is 7.02. The lowest BCUT2D eigenvalue weighted by molar-refractivity contribution is 0.117. The Kier molecular flexibility index (Phi) is 8.99. The molecule has 0 aliphatic carbocycles. The lowest BCUT2D eigenvalue weighted by atomic mass is 9.97. The molecule has 0 rings (SSSR count). The molecule has 0 aliphatic heterocycles. The molecule has 0 heterocycles. The van der Waals surface area contributed by atoms with Crippen LogP contribution in [0.3, 0.4) is 0 Å². The molecule has 0 radical (unpaired) electrons. The fraction of sp³-hybridized carbons (Fsp3) is 1.00. The molecule has 21 heavy (non-hydrogen) atoms. The van der Waals surface area contributed by atoms with Gasteiger partial charge in [0.05, 0.1) is 24.7 Å². The largest absolute Gasteiger partial charge is 0.269 e. The normalized spacial score (nSPS) is 13.5. The molecule has 0 spiro atoms. The third-order valence-corrected chi connectivity index (χ3v) is 5.29. The van der Waals surface area contributed by atoms with E-state index in [9.17, 15) is 16.8 Å². The molecule has 0 saturated heterocycles. The highest BCUT2D eigenvalue weighted by molar-refractivity contribution is 7.86. The lowest BCUT2D eigenvalue weighted by Gasteiger charge is -2.23. The fourth-order valence-corrected chi connectivity index (χ4v) is 3.82. The summed E-state index contributed by atoms with van der Waals surface area (Å²) in [6, 6.07) is 0. The van der Waals surface area contributed by atoms with Gasteiger partial charge < -0.3 is 0 Å². The number of unbranched alkanes of at least 4 members (excludes halogenated alkanes) is 2. The maximum absolute atomic E-state index is 11.6. The average molecular weight is 344 g/mol. The monoisotopic (exact) mass is 344 g/mol. The van der Waals surface area contributed by atoms with Crippen molar-refractivity contribution in [1.82, 2.24) is 0 Å². The van der Waals surface area contributed by atoms with Gasteiger partial charge in [-0.3, -0.25) is 8.37 Å². The number of hydrogen-bond donors (Lipinski definition) is 0. The molecular weight excluding hydrogens is 316 g/mol. The molecule has 0 aromatic rings. The van der Waals surface area contributed by atoms with Crippen molar-refractivity contribution in [2.45, 2.75) is 53.4 Å². The summed E-state index contributed by atoms with van der Waals surface area (Å²) < 4.78 is 56.3. The first-order chi connectivity index (χ1) is 9.54. The van der Waals surface area contributed by atoms with Crippen molar-refractivity contribution < 1.29 is 25.2 Å². The van der Waals surface area contributed by atoms with Crippen molar-refractivity contribution in [3.63, 3.8) is 0 Å². The van der Waals surface area contributed by atoms with Crippen LogP contribution in [0.5, 0.6) is 0 Å². The highest BCUT2D eigenvalue weighted by Gasteiger charge is 2.25. The molecule has 0 atom stereocenters. The van der Waals surface area contributed by atoms with E-state index in [0.717, 1.165) is 12.8 Å². The molecule has 0 aliphatic rings. The minimum absolute atomic E-state index is 0.0186. The van der Waals surface area contributed by atoms with Crippen molar-refractivity contribution in [1.29, 1.82) is 0 Å². The van der Waals surface area contributed by atoms with Crippen LogP contribution in [0.2, 0.25) is 0 Å². The molecule has 6 nitrogen and oxygen atoms in total. The minimum atomic E-state index is -3.55. The molecule has 8 heteroatoms. The van der Waals surface area contributed by atoms with Gasteiger partial charge >= 0.3 is 0 Å². The fourth-order valence-electron chi connectivity index (χ4n) is 1.30. The van der Waals surface area contributed by atoms with Crippen molar-refractivity contribution in [2.75, 3.05) is 24.7 Å². The Balaban J connectivity index is 4.32. The van der Waals surface area contributed by atoms with E-state index in [1.807, 2.05) is 13.8 Å². The zero-order valence-electron chi connectivity index (χ0n) is 13.4. The van der Waals surface area contributed by atoms with Crippen LogP contribution in [0.4, 0.5) is 0 Å². The van der Waals surface area contributed by atoms with E-state index in [4.69, 9.17) is 8.37 Å². The predicted octanol–water partition coefficient (Wildman–Crippen LogP) is 2.31. The predicted molar refractivity (Wildman–Crippen MR) is 83.1 cm³/mol. The van der Waals surface area contributed by atoms with Crippen molar-refractivity contribution >= 4 is 20.2 Å². The second-order valence-electron chi connectivity index (χ2n) is 5.92. The molecule has 0 saturated carbocycles. The van der Waals surface area contributed by atoms with E-state index in [0.29, 0.717) is 12.8 Å². The highest BCUT2D eigenvalue weighted by atomic mass is 32.2. The Hall–Kier alpha value is -0.180. The second kappa shape index (κ2) is 9.07. The molecule has 128 valence electrons. The summed E-state index contributed by atoms with van der Waals surface area (Å²) in [4.78, 5) is 0. The van der Waals surface area contributed by atoms with Crippen molar-refractivity contribution in [2.24, 2.45) is 5.41 Å². The third kappa shape index (κ3) is 11.1. The SMILES string of the molecule is CCCCS(=O)(=O)OCC(C)(C)COS(=O)(=O)CCCC. The molecular formula is C13H28O6S2. The van der Waals surface area contributed by atoms with E-state index in [-0.39, 0.29) is 24.7 Å². The van der Waals surface area contributed by atoms with Crippen LogP contribution < -0.4 is 0 Å². The molecule has 0 aromatic carbocycles. The van der Waals surface area contributed by atoms with Gasteiger partial charge in [-0.05, 0) is 12.8 Å². The standard InChI is InChI=1S/C13H28O6S2/c1-5-7-9-20(14,15)18-11-13(3,4)12-19-21(16,17)10-8-6-2/h5-12H2,1-4H3. The lowest BCUT2D eigenvalue weighted by Crippen LogP contribution is -2.29. The van der Waals surface area contributed by atoms with Gasteiger partial charge in [-0.15, -0.1) is 0 Å². The Morgan fingerprint density at radius 2 is 1.10 bits per heavy atom. The first-order valence-corrected chi connectivity index (χ1v) is 10.4. The van der Waals surface area contributed by atoms with Crippen LogP contribution >= 0.6 is 0 Å². The molecule has 0 aromatic heterocycles.